The smallest absolute Gasteiger partial charge is 0.249 e. The van der Waals surface area contributed by atoms with Crippen molar-refractivity contribution in [1.82, 2.24) is 10.6 Å². The van der Waals surface area contributed by atoms with E-state index in [1.165, 1.54) is 0 Å². The summed E-state index contributed by atoms with van der Waals surface area (Å²) in [7, 11) is 0. The van der Waals surface area contributed by atoms with Crippen LogP contribution in [-0.2, 0) is 9.59 Å². The lowest BCUT2D eigenvalue weighted by Crippen LogP contribution is -2.48. The van der Waals surface area contributed by atoms with E-state index in [2.05, 4.69) is 20.9 Å². The molecule has 0 aliphatic heterocycles. The van der Waals surface area contributed by atoms with Crippen molar-refractivity contribution in [3.05, 3.63) is 0 Å². The van der Waals surface area contributed by atoms with E-state index in [0.717, 1.165) is 0 Å². The van der Waals surface area contributed by atoms with E-state index in [0.29, 0.717) is 25.7 Å². The van der Waals surface area contributed by atoms with Crippen LogP contribution in [0.25, 0.3) is 0 Å². The number of azo groups is 1. The number of aliphatic hydroxyl groups excluding tert-OH is 2. The molecule has 8 heteroatoms. The quantitative estimate of drug-likeness (QED) is 0.388. The van der Waals surface area contributed by atoms with Crippen LogP contribution < -0.4 is 10.6 Å². The van der Waals surface area contributed by atoms with Gasteiger partial charge in [-0.3, -0.25) is 9.59 Å². The zero-order chi connectivity index (χ0) is 20.4. The third-order valence-corrected chi connectivity index (χ3v) is 4.27. The van der Waals surface area contributed by atoms with Gasteiger partial charge in [0.1, 0.15) is 0 Å². The second-order valence-electron chi connectivity index (χ2n) is 7.50. The van der Waals surface area contributed by atoms with Crippen LogP contribution in [0.5, 0.6) is 0 Å². The van der Waals surface area contributed by atoms with Crippen LogP contribution in [0.3, 0.4) is 0 Å². The van der Waals surface area contributed by atoms with Gasteiger partial charge in [0.15, 0.2) is 11.1 Å². The van der Waals surface area contributed by atoms with E-state index in [1.54, 1.807) is 27.7 Å². The Bertz CT molecular complexity index is 436. The van der Waals surface area contributed by atoms with Crippen molar-refractivity contribution in [2.24, 2.45) is 10.2 Å². The summed E-state index contributed by atoms with van der Waals surface area (Å²) >= 11 is 0. The summed E-state index contributed by atoms with van der Waals surface area (Å²) in [5.41, 5.74) is -2.26. The number of nitrogens with zero attached hydrogens (tertiary/aromatic N) is 2. The summed E-state index contributed by atoms with van der Waals surface area (Å²) in [6.45, 7) is 10.4. The van der Waals surface area contributed by atoms with Crippen LogP contribution in [0, 0.1) is 0 Å². The van der Waals surface area contributed by atoms with Crippen LogP contribution in [0.15, 0.2) is 10.2 Å². The molecular weight excluding hydrogens is 336 g/mol. The zero-order valence-electron chi connectivity index (χ0n) is 17.0. The Labute approximate surface area is 156 Å². The van der Waals surface area contributed by atoms with Gasteiger partial charge in [0, 0.05) is 25.3 Å². The maximum absolute atomic E-state index is 12.4. The predicted molar refractivity (Wildman–Crippen MR) is 101 cm³/mol. The van der Waals surface area contributed by atoms with Crippen LogP contribution in [0.4, 0.5) is 0 Å². The highest BCUT2D eigenvalue weighted by Crippen LogP contribution is 2.17. The van der Waals surface area contributed by atoms with Gasteiger partial charge in [-0.1, -0.05) is 13.8 Å². The summed E-state index contributed by atoms with van der Waals surface area (Å²) in [4.78, 5) is 24.9. The molecule has 0 aliphatic carbocycles. The Balaban J connectivity index is 5.00. The average Bonchev–Trinajstić information content (AvgIpc) is 2.58. The van der Waals surface area contributed by atoms with Crippen LogP contribution in [-0.4, -0.2) is 58.4 Å². The Morgan fingerprint density at radius 3 is 1.35 bits per heavy atom. The van der Waals surface area contributed by atoms with Crippen molar-refractivity contribution >= 4 is 11.8 Å². The van der Waals surface area contributed by atoms with Gasteiger partial charge in [-0.05, 0) is 53.4 Å². The number of hydrogen-bond acceptors (Lipinski definition) is 6. The third-order valence-electron chi connectivity index (χ3n) is 4.27. The topological polar surface area (TPSA) is 123 Å². The maximum Gasteiger partial charge on any atom is 0.249 e. The van der Waals surface area contributed by atoms with Crippen molar-refractivity contribution in [3.63, 3.8) is 0 Å². The molecule has 2 atom stereocenters. The molecule has 0 heterocycles. The molecule has 8 nitrogen and oxygen atoms in total. The Morgan fingerprint density at radius 1 is 0.808 bits per heavy atom. The molecule has 4 N–H and O–H groups in total. The standard InChI is InChI=1S/C18H36N4O4/c1-7-13(9-11-23)19-15(25)17(3,4)21-22-18(5,6)16(26)20-14(8-2)10-12-24/h13-14,23-24H,7-12H2,1-6H3,(H,19,25)(H,20,26). The SMILES string of the molecule is CCC(CCO)NC(=O)C(C)(C)N=NC(C)(C)C(=O)NC(CC)CCO. The van der Waals surface area contributed by atoms with Gasteiger partial charge in [0.05, 0.1) is 0 Å². The molecule has 0 aromatic rings. The first-order chi connectivity index (χ1) is 12.0. The molecule has 0 saturated heterocycles. The first-order valence-electron chi connectivity index (χ1n) is 9.31. The van der Waals surface area contributed by atoms with Gasteiger partial charge in [-0.15, -0.1) is 0 Å². The van der Waals surface area contributed by atoms with Crippen molar-refractivity contribution < 1.29 is 19.8 Å². The monoisotopic (exact) mass is 372 g/mol. The molecule has 0 rings (SSSR count). The molecule has 0 aromatic carbocycles. The molecule has 0 saturated carbocycles. The molecule has 0 spiro atoms. The fourth-order valence-corrected chi connectivity index (χ4v) is 2.13. The first-order valence-corrected chi connectivity index (χ1v) is 9.31. The highest BCUT2D eigenvalue weighted by Gasteiger charge is 2.33. The van der Waals surface area contributed by atoms with Gasteiger partial charge in [-0.25, -0.2) is 0 Å². The van der Waals surface area contributed by atoms with Gasteiger partial charge in [0.2, 0.25) is 11.8 Å². The fourth-order valence-electron chi connectivity index (χ4n) is 2.13. The molecule has 2 amide bonds. The number of amides is 2. The zero-order valence-corrected chi connectivity index (χ0v) is 17.0. The average molecular weight is 373 g/mol. The van der Waals surface area contributed by atoms with Gasteiger partial charge in [-0.2, -0.15) is 10.2 Å². The minimum absolute atomic E-state index is 0.000368. The van der Waals surface area contributed by atoms with Crippen molar-refractivity contribution in [2.75, 3.05) is 13.2 Å². The lowest BCUT2D eigenvalue weighted by molar-refractivity contribution is -0.128. The minimum Gasteiger partial charge on any atom is -0.396 e. The summed E-state index contributed by atoms with van der Waals surface area (Å²) in [5, 5.41) is 32.0. The predicted octanol–water partition coefficient (Wildman–Crippen LogP) is 1.55. The number of carbonyl (C=O) groups excluding carboxylic acids is 2. The van der Waals surface area contributed by atoms with Crippen molar-refractivity contribution in [1.29, 1.82) is 0 Å². The number of carbonyl (C=O) groups is 2. The molecule has 26 heavy (non-hydrogen) atoms. The largest absolute Gasteiger partial charge is 0.396 e. The van der Waals surface area contributed by atoms with E-state index in [9.17, 15) is 9.59 Å². The van der Waals surface area contributed by atoms with Crippen LogP contribution in [0.2, 0.25) is 0 Å². The van der Waals surface area contributed by atoms with E-state index in [-0.39, 0.29) is 37.1 Å². The summed E-state index contributed by atoms with van der Waals surface area (Å²) in [6.07, 6.45) is 2.37. The number of nitrogens with one attached hydrogen (secondary N) is 2. The molecule has 0 aromatic heterocycles. The van der Waals surface area contributed by atoms with E-state index < -0.39 is 11.1 Å². The van der Waals surface area contributed by atoms with E-state index in [4.69, 9.17) is 10.2 Å². The van der Waals surface area contributed by atoms with E-state index >= 15 is 0 Å². The van der Waals surface area contributed by atoms with Crippen molar-refractivity contribution in [3.8, 4) is 0 Å². The minimum atomic E-state index is -1.13. The molecule has 2 unspecified atom stereocenters. The lowest BCUT2D eigenvalue weighted by atomic mass is 10.0. The number of hydrogen-bond donors (Lipinski definition) is 4. The molecule has 0 radical (unpaired) electrons. The summed E-state index contributed by atoms with van der Waals surface area (Å²) in [6, 6.07) is -0.246. The Morgan fingerprint density at radius 2 is 1.12 bits per heavy atom. The number of aliphatic hydroxyl groups is 2. The molecule has 0 fully saturated rings. The molecule has 0 bridgehead atoms. The van der Waals surface area contributed by atoms with Gasteiger partial charge in [0.25, 0.3) is 0 Å². The van der Waals surface area contributed by atoms with Crippen molar-refractivity contribution in [2.45, 2.75) is 90.4 Å². The summed E-state index contributed by atoms with van der Waals surface area (Å²) < 4.78 is 0. The maximum atomic E-state index is 12.4. The summed E-state index contributed by atoms with van der Waals surface area (Å²) in [5.74, 6) is -0.603. The fraction of sp³-hybridized carbons (Fsp3) is 0.889. The Hall–Kier alpha value is -1.54. The second kappa shape index (κ2) is 11.2. The van der Waals surface area contributed by atoms with Gasteiger partial charge >= 0.3 is 0 Å². The second-order valence-corrected chi connectivity index (χ2v) is 7.50. The van der Waals surface area contributed by atoms with Crippen LogP contribution >= 0.6 is 0 Å². The van der Waals surface area contributed by atoms with Crippen LogP contribution in [0.1, 0.15) is 67.2 Å². The van der Waals surface area contributed by atoms with Gasteiger partial charge < -0.3 is 20.8 Å². The van der Waals surface area contributed by atoms with E-state index in [1.807, 2.05) is 13.8 Å². The number of rotatable bonds is 12. The first kappa shape index (κ1) is 24.5. The third kappa shape index (κ3) is 8.23. The normalized spacial score (nSPS) is 14.9. The highest BCUT2D eigenvalue weighted by atomic mass is 16.3. The molecule has 152 valence electrons. The molecular formula is C18H36N4O4. The Kier molecular flexibility index (Phi) is 10.6. The molecule has 0 aliphatic rings. The highest BCUT2D eigenvalue weighted by molar-refractivity contribution is 5.87. The lowest BCUT2D eigenvalue weighted by Gasteiger charge is -2.26.